The van der Waals surface area contributed by atoms with Crippen LogP contribution < -0.4 is 0 Å². The van der Waals surface area contributed by atoms with Gasteiger partial charge in [-0.3, -0.25) is 9.48 Å². The van der Waals surface area contributed by atoms with E-state index in [2.05, 4.69) is 28.9 Å². The summed E-state index contributed by atoms with van der Waals surface area (Å²) in [6.45, 7) is 10.2. The second kappa shape index (κ2) is 10.2. The number of aromatic nitrogens is 4. The molecule has 198 valence electrons. The average molecular weight is 495 g/mol. The molecule has 0 aromatic carbocycles. The number of rotatable bonds is 5. The monoisotopic (exact) mass is 494 g/mol. The summed E-state index contributed by atoms with van der Waals surface area (Å²) in [7, 11) is 1.91. The molecule has 2 heterocycles. The molecule has 4 aliphatic rings. The van der Waals surface area contributed by atoms with Crippen LogP contribution in [0.2, 0.25) is 0 Å². The highest BCUT2D eigenvalue weighted by Crippen LogP contribution is 2.68. The van der Waals surface area contributed by atoms with Gasteiger partial charge in [0.1, 0.15) is 5.52 Å². The van der Waals surface area contributed by atoms with Crippen LogP contribution in [0.3, 0.4) is 0 Å². The molecular formula is C30H46N4O2. The third-order valence-corrected chi connectivity index (χ3v) is 10.9. The van der Waals surface area contributed by atoms with Gasteiger partial charge in [-0.15, -0.1) is 0 Å². The van der Waals surface area contributed by atoms with Crippen molar-refractivity contribution in [1.82, 2.24) is 19.7 Å². The molecule has 0 aliphatic heterocycles. The third-order valence-electron chi connectivity index (χ3n) is 10.9. The summed E-state index contributed by atoms with van der Waals surface area (Å²) in [5.74, 6) is 4.40. The number of ether oxygens (including phenoxy) is 1. The Morgan fingerprint density at radius 2 is 1.86 bits per heavy atom. The van der Waals surface area contributed by atoms with Gasteiger partial charge in [-0.2, -0.15) is 5.10 Å². The Labute approximate surface area is 217 Å². The predicted molar refractivity (Wildman–Crippen MR) is 142 cm³/mol. The SMILES string of the molecule is CC.COCC12CCC(C)CC1CC[C@@H]1C2CC[C@]2(C)C(C(=O)Cn3cc4nccnc4n3)CCC12. The molecule has 0 saturated heterocycles. The van der Waals surface area contributed by atoms with Crippen molar-refractivity contribution in [3.8, 4) is 0 Å². The van der Waals surface area contributed by atoms with Crippen molar-refractivity contribution in [2.45, 2.75) is 92.0 Å². The topological polar surface area (TPSA) is 69.9 Å². The molecule has 0 radical (unpaired) electrons. The number of carbonyl (C=O) groups is 1. The van der Waals surface area contributed by atoms with Crippen LogP contribution in [0.25, 0.3) is 11.2 Å². The van der Waals surface area contributed by atoms with E-state index in [4.69, 9.17) is 4.74 Å². The van der Waals surface area contributed by atoms with Crippen molar-refractivity contribution in [2.24, 2.45) is 46.3 Å². The average Bonchev–Trinajstić information content (AvgIpc) is 3.45. The molecule has 6 unspecified atom stereocenters. The van der Waals surface area contributed by atoms with Crippen molar-refractivity contribution in [3.63, 3.8) is 0 Å². The molecule has 2 aromatic rings. The molecule has 0 spiro atoms. The van der Waals surface area contributed by atoms with Crippen LogP contribution in [0.4, 0.5) is 0 Å². The lowest BCUT2D eigenvalue weighted by Gasteiger charge is -2.61. The van der Waals surface area contributed by atoms with Gasteiger partial charge in [0.25, 0.3) is 0 Å². The molecular weight excluding hydrogens is 448 g/mol. The van der Waals surface area contributed by atoms with E-state index >= 15 is 0 Å². The summed E-state index contributed by atoms with van der Waals surface area (Å²) in [6, 6.07) is 0. The van der Waals surface area contributed by atoms with E-state index in [0.717, 1.165) is 42.2 Å². The summed E-state index contributed by atoms with van der Waals surface area (Å²) in [5.41, 5.74) is 1.88. The molecule has 4 aliphatic carbocycles. The number of hydrogen-bond donors (Lipinski definition) is 0. The summed E-state index contributed by atoms with van der Waals surface area (Å²) in [5, 5.41) is 4.51. The fraction of sp³-hybridized carbons (Fsp3) is 0.800. The Balaban J connectivity index is 0.00000130. The van der Waals surface area contributed by atoms with Crippen molar-refractivity contribution >= 4 is 16.9 Å². The number of fused-ring (bicyclic) bond motifs is 6. The molecule has 4 saturated carbocycles. The van der Waals surface area contributed by atoms with E-state index in [-0.39, 0.29) is 11.3 Å². The van der Waals surface area contributed by atoms with Gasteiger partial charge in [-0.25, -0.2) is 9.97 Å². The molecule has 4 fully saturated rings. The van der Waals surface area contributed by atoms with Gasteiger partial charge in [-0.05, 0) is 91.8 Å². The minimum atomic E-state index is 0.129. The number of ketones is 1. The standard InChI is InChI=1S/C28H40N4O2.C2H6/c1-18-8-11-28(17-34-3)19(14-18)4-5-20-21-6-7-23(27(21,2)10-9-22(20)28)25(33)16-32-15-24-26(31-32)30-13-12-29-24;1-2/h12-13,15,18-23H,4-11,14,16-17H2,1-3H3;1-2H3/t18?,19?,20-,21?,22?,23?,27-,28?;/m0./s1. The Hall–Kier alpha value is -1.82. The summed E-state index contributed by atoms with van der Waals surface area (Å²) < 4.78 is 7.70. The largest absolute Gasteiger partial charge is 0.384 e. The molecule has 0 N–H and O–H groups in total. The highest BCUT2D eigenvalue weighted by molar-refractivity contribution is 5.82. The molecule has 36 heavy (non-hydrogen) atoms. The van der Waals surface area contributed by atoms with Gasteiger partial charge in [0.15, 0.2) is 11.4 Å². The normalized spacial score (nSPS) is 39.5. The number of nitrogens with zero attached hydrogens (tertiary/aromatic N) is 4. The van der Waals surface area contributed by atoms with E-state index in [9.17, 15) is 4.79 Å². The maximum absolute atomic E-state index is 13.6. The molecule has 6 heteroatoms. The van der Waals surface area contributed by atoms with E-state index < -0.39 is 0 Å². The Kier molecular flexibility index (Phi) is 7.28. The smallest absolute Gasteiger partial charge is 0.199 e. The summed E-state index contributed by atoms with van der Waals surface area (Å²) in [6.07, 6.45) is 16.7. The lowest BCUT2D eigenvalue weighted by atomic mass is 9.44. The summed E-state index contributed by atoms with van der Waals surface area (Å²) >= 11 is 0. The zero-order valence-electron chi connectivity index (χ0n) is 23.1. The number of methoxy groups -OCH3 is 1. The van der Waals surface area contributed by atoms with E-state index in [0.29, 0.717) is 29.3 Å². The quantitative estimate of drug-likeness (QED) is 0.485. The first-order chi connectivity index (χ1) is 17.4. The van der Waals surface area contributed by atoms with Crippen LogP contribution in [0.5, 0.6) is 0 Å². The predicted octanol–water partition coefficient (Wildman–Crippen LogP) is 6.34. The zero-order valence-corrected chi connectivity index (χ0v) is 23.1. The minimum absolute atomic E-state index is 0.129. The van der Waals surface area contributed by atoms with Crippen molar-refractivity contribution < 1.29 is 9.53 Å². The lowest BCUT2D eigenvalue weighted by Crippen LogP contribution is -2.56. The van der Waals surface area contributed by atoms with Crippen molar-refractivity contribution in [3.05, 3.63) is 18.6 Å². The van der Waals surface area contributed by atoms with Gasteiger partial charge < -0.3 is 4.74 Å². The van der Waals surface area contributed by atoms with Crippen molar-refractivity contribution in [1.29, 1.82) is 0 Å². The van der Waals surface area contributed by atoms with E-state index in [1.165, 1.54) is 51.4 Å². The number of Topliss-reactive ketones (excluding diaryl/α,β-unsaturated/α-hetero) is 1. The second-order valence-electron chi connectivity index (χ2n) is 12.4. The van der Waals surface area contributed by atoms with Gasteiger partial charge in [0.2, 0.25) is 0 Å². The van der Waals surface area contributed by atoms with E-state index in [1.807, 2.05) is 27.2 Å². The van der Waals surface area contributed by atoms with Crippen LogP contribution in [0.1, 0.15) is 85.5 Å². The zero-order chi connectivity index (χ0) is 25.5. The van der Waals surface area contributed by atoms with Crippen LogP contribution in [-0.2, 0) is 16.1 Å². The first-order valence-corrected chi connectivity index (χ1v) is 14.6. The van der Waals surface area contributed by atoms with Crippen LogP contribution in [0.15, 0.2) is 18.6 Å². The molecule has 2 aromatic heterocycles. The molecule has 8 atom stereocenters. The number of carbonyl (C=O) groups excluding carboxylic acids is 1. The van der Waals surface area contributed by atoms with Crippen LogP contribution >= 0.6 is 0 Å². The Bertz CT molecular complexity index is 1040. The Morgan fingerprint density at radius 1 is 1.06 bits per heavy atom. The molecule has 0 bridgehead atoms. The highest BCUT2D eigenvalue weighted by atomic mass is 16.5. The van der Waals surface area contributed by atoms with Gasteiger partial charge >= 0.3 is 0 Å². The molecule has 6 nitrogen and oxygen atoms in total. The summed E-state index contributed by atoms with van der Waals surface area (Å²) in [4.78, 5) is 22.2. The maximum Gasteiger partial charge on any atom is 0.199 e. The number of hydrogen-bond acceptors (Lipinski definition) is 5. The third kappa shape index (κ3) is 4.12. The second-order valence-corrected chi connectivity index (χ2v) is 12.4. The van der Waals surface area contributed by atoms with Crippen LogP contribution in [-0.4, -0.2) is 39.2 Å². The minimum Gasteiger partial charge on any atom is -0.384 e. The molecule has 0 amide bonds. The fourth-order valence-electron chi connectivity index (χ4n) is 9.50. The fourth-order valence-corrected chi connectivity index (χ4v) is 9.50. The van der Waals surface area contributed by atoms with Crippen molar-refractivity contribution in [2.75, 3.05) is 13.7 Å². The maximum atomic E-state index is 13.6. The van der Waals surface area contributed by atoms with Gasteiger partial charge in [0, 0.05) is 25.4 Å². The van der Waals surface area contributed by atoms with E-state index in [1.54, 1.807) is 17.1 Å². The van der Waals surface area contributed by atoms with Gasteiger partial charge in [-0.1, -0.05) is 34.1 Å². The van der Waals surface area contributed by atoms with Crippen LogP contribution in [0, 0.1) is 46.3 Å². The highest BCUT2D eigenvalue weighted by Gasteiger charge is 2.62. The lowest BCUT2D eigenvalue weighted by molar-refractivity contribution is -0.154. The first kappa shape index (κ1) is 25.8. The van der Waals surface area contributed by atoms with Gasteiger partial charge in [0.05, 0.1) is 19.3 Å². The molecule has 6 rings (SSSR count). The Morgan fingerprint density at radius 3 is 2.64 bits per heavy atom. The first-order valence-electron chi connectivity index (χ1n) is 14.6.